The summed E-state index contributed by atoms with van der Waals surface area (Å²) >= 11 is 0. The van der Waals surface area contributed by atoms with Gasteiger partial charge in [0.25, 0.3) is 11.5 Å². The molecule has 1 aromatic carbocycles. The van der Waals surface area contributed by atoms with E-state index in [-0.39, 0.29) is 27.7 Å². The number of H-pyrrole nitrogens is 1. The molecule has 9 heteroatoms. The summed E-state index contributed by atoms with van der Waals surface area (Å²) in [6, 6.07) is 7.21. The molecule has 1 atom stereocenters. The molecule has 0 unspecified atom stereocenters. The van der Waals surface area contributed by atoms with Gasteiger partial charge in [0.15, 0.2) is 0 Å². The minimum atomic E-state index is -4.17. The number of amides is 1. The van der Waals surface area contributed by atoms with Crippen molar-refractivity contribution in [1.82, 2.24) is 15.3 Å². The second kappa shape index (κ2) is 7.39. The number of aryl methyl sites for hydroxylation is 1. The van der Waals surface area contributed by atoms with Gasteiger partial charge in [-0.3, -0.25) is 14.6 Å². The van der Waals surface area contributed by atoms with Crippen LogP contribution in [0.15, 0.2) is 41.3 Å². The maximum Gasteiger partial charge on any atom is 0.355 e. The topological polar surface area (TPSA) is 98.6 Å². The lowest BCUT2D eigenvalue weighted by Crippen LogP contribution is -2.43. The van der Waals surface area contributed by atoms with E-state index in [0.29, 0.717) is 0 Å². The number of fused-ring (bicyclic) bond motifs is 1. The highest BCUT2D eigenvalue weighted by Crippen LogP contribution is 2.32. The van der Waals surface area contributed by atoms with E-state index >= 15 is 0 Å². The lowest BCUT2D eigenvalue weighted by molar-refractivity contribution is -0.148. The lowest BCUT2D eigenvalue weighted by Gasteiger charge is -2.21. The number of carbonyl (C=O) groups is 1. The first-order valence-electron chi connectivity index (χ1n) is 8.52. The van der Waals surface area contributed by atoms with Crippen LogP contribution in [0, 0.1) is 24.1 Å². The van der Waals surface area contributed by atoms with E-state index in [4.69, 9.17) is 5.26 Å². The van der Waals surface area contributed by atoms with Crippen LogP contribution in [0.25, 0.3) is 10.9 Å². The third-order valence-electron chi connectivity index (χ3n) is 4.54. The molecule has 3 aromatic rings. The number of aromatic amines is 1. The van der Waals surface area contributed by atoms with Crippen LogP contribution < -0.4 is 10.9 Å². The second-order valence-electron chi connectivity index (χ2n) is 6.50. The number of pyridine rings is 2. The SMILES string of the molecule is Cc1c(C(F)(F)C(=O)N[C@H](C)c2ccc(C#N)cn2)c(=O)[nH]c2ccc(F)cc12. The summed E-state index contributed by atoms with van der Waals surface area (Å²) in [5.74, 6) is -6.52. The fourth-order valence-corrected chi connectivity index (χ4v) is 3.01. The summed E-state index contributed by atoms with van der Waals surface area (Å²) in [6.07, 6.45) is 1.25. The van der Waals surface area contributed by atoms with Gasteiger partial charge < -0.3 is 10.3 Å². The number of benzene rings is 1. The molecule has 0 fully saturated rings. The number of halogens is 3. The number of carbonyl (C=O) groups excluding carboxylic acids is 1. The Labute approximate surface area is 163 Å². The van der Waals surface area contributed by atoms with Crippen LogP contribution in [0.3, 0.4) is 0 Å². The molecule has 2 aromatic heterocycles. The van der Waals surface area contributed by atoms with Crippen molar-refractivity contribution >= 4 is 16.8 Å². The maximum atomic E-state index is 14.9. The standard InChI is InChI=1S/C20H15F3N4O2/c1-10-14-7-13(21)4-6-16(14)27-18(28)17(10)20(22,23)19(29)26-11(2)15-5-3-12(8-24)9-25-15/h3-7,9,11H,1-2H3,(H,26,29)(H,27,28)/t11-/m1/s1. The molecule has 0 spiro atoms. The number of aromatic nitrogens is 2. The van der Waals surface area contributed by atoms with Crippen LogP contribution in [0.4, 0.5) is 13.2 Å². The smallest absolute Gasteiger partial charge is 0.342 e. The molecule has 0 radical (unpaired) electrons. The highest BCUT2D eigenvalue weighted by molar-refractivity contribution is 5.89. The molecule has 148 valence electrons. The zero-order valence-electron chi connectivity index (χ0n) is 15.4. The summed E-state index contributed by atoms with van der Waals surface area (Å²) < 4.78 is 43.3. The van der Waals surface area contributed by atoms with Crippen LogP contribution in [0.5, 0.6) is 0 Å². The number of nitrogens with zero attached hydrogens (tertiary/aromatic N) is 2. The summed E-state index contributed by atoms with van der Waals surface area (Å²) in [4.78, 5) is 30.8. The van der Waals surface area contributed by atoms with Crippen LogP contribution in [-0.4, -0.2) is 15.9 Å². The van der Waals surface area contributed by atoms with Crippen molar-refractivity contribution in [3.63, 3.8) is 0 Å². The number of alkyl halides is 2. The second-order valence-corrected chi connectivity index (χ2v) is 6.50. The first kappa shape index (κ1) is 20.1. The van der Waals surface area contributed by atoms with Gasteiger partial charge in [-0.15, -0.1) is 0 Å². The number of nitrogens with one attached hydrogen (secondary N) is 2. The van der Waals surface area contributed by atoms with Gasteiger partial charge in [0.2, 0.25) is 0 Å². The summed E-state index contributed by atoms with van der Waals surface area (Å²) in [5.41, 5.74) is -1.64. The van der Waals surface area contributed by atoms with Crippen LogP contribution in [0.2, 0.25) is 0 Å². The minimum Gasteiger partial charge on any atom is -0.342 e. The Hall–Kier alpha value is -3.67. The van der Waals surface area contributed by atoms with Gasteiger partial charge in [-0.2, -0.15) is 14.0 Å². The van der Waals surface area contributed by atoms with E-state index in [0.717, 1.165) is 12.1 Å². The molecule has 3 rings (SSSR count). The number of hydrogen-bond donors (Lipinski definition) is 2. The Morgan fingerprint density at radius 1 is 1.31 bits per heavy atom. The van der Waals surface area contributed by atoms with Crippen molar-refractivity contribution in [2.75, 3.05) is 0 Å². The van der Waals surface area contributed by atoms with Crippen molar-refractivity contribution in [2.45, 2.75) is 25.8 Å². The Balaban J connectivity index is 1.96. The Bertz CT molecular complexity index is 1200. The molecule has 0 saturated heterocycles. The largest absolute Gasteiger partial charge is 0.355 e. The minimum absolute atomic E-state index is 0.0777. The van der Waals surface area contributed by atoms with E-state index in [1.54, 1.807) is 0 Å². The average Bonchev–Trinajstić information content (AvgIpc) is 2.68. The molecule has 0 bridgehead atoms. The Kier molecular flexibility index (Phi) is 5.12. The fraction of sp³-hybridized carbons (Fsp3) is 0.200. The zero-order valence-corrected chi connectivity index (χ0v) is 15.4. The summed E-state index contributed by atoms with van der Waals surface area (Å²) in [7, 11) is 0. The third-order valence-corrected chi connectivity index (χ3v) is 4.54. The molecule has 6 nitrogen and oxygen atoms in total. The molecule has 0 aliphatic heterocycles. The van der Waals surface area contributed by atoms with Gasteiger partial charge in [0.1, 0.15) is 11.9 Å². The van der Waals surface area contributed by atoms with Crippen LogP contribution >= 0.6 is 0 Å². The first-order valence-corrected chi connectivity index (χ1v) is 8.52. The molecule has 2 N–H and O–H groups in total. The quantitative estimate of drug-likeness (QED) is 0.703. The van der Waals surface area contributed by atoms with Crippen molar-refractivity contribution < 1.29 is 18.0 Å². The lowest BCUT2D eigenvalue weighted by atomic mass is 9.99. The predicted molar refractivity (Wildman–Crippen MR) is 98.7 cm³/mol. The molecule has 0 aliphatic rings. The van der Waals surface area contributed by atoms with E-state index in [9.17, 15) is 22.8 Å². The van der Waals surface area contributed by atoms with Gasteiger partial charge in [-0.25, -0.2) is 4.39 Å². The molecule has 0 saturated carbocycles. The summed E-state index contributed by atoms with van der Waals surface area (Å²) in [5, 5.41) is 11.0. The van der Waals surface area contributed by atoms with Crippen molar-refractivity contribution in [3.8, 4) is 6.07 Å². The molecular weight excluding hydrogens is 385 g/mol. The zero-order chi connectivity index (χ0) is 21.3. The number of hydrogen-bond acceptors (Lipinski definition) is 4. The number of nitriles is 1. The molecule has 0 aliphatic carbocycles. The average molecular weight is 400 g/mol. The Morgan fingerprint density at radius 3 is 2.66 bits per heavy atom. The highest BCUT2D eigenvalue weighted by Gasteiger charge is 2.45. The van der Waals surface area contributed by atoms with Crippen LogP contribution in [-0.2, 0) is 10.7 Å². The molecule has 2 heterocycles. The molecule has 29 heavy (non-hydrogen) atoms. The van der Waals surface area contributed by atoms with Crippen molar-refractivity contribution in [1.29, 1.82) is 5.26 Å². The van der Waals surface area contributed by atoms with Gasteiger partial charge >= 0.3 is 5.92 Å². The van der Waals surface area contributed by atoms with E-state index in [2.05, 4.69) is 15.3 Å². The van der Waals surface area contributed by atoms with E-state index in [1.807, 2.05) is 6.07 Å². The first-order chi connectivity index (χ1) is 13.6. The van der Waals surface area contributed by atoms with Crippen molar-refractivity contribution in [3.05, 3.63) is 75.1 Å². The van der Waals surface area contributed by atoms with Crippen molar-refractivity contribution in [2.24, 2.45) is 0 Å². The monoisotopic (exact) mass is 400 g/mol. The summed E-state index contributed by atoms with van der Waals surface area (Å²) in [6.45, 7) is 2.67. The van der Waals surface area contributed by atoms with Gasteiger partial charge in [-0.05, 0) is 49.7 Å². The fourth-order valence-electron chi connectivity index (χ4n) is 3.01. The third kappa shape index (κ3) is 3.69. The number of rotatable bonds is 4. The van der Waals surface area contributed by atoms with E-state index < -0.39 is 34.8 Å². The van der Waals surface area contributed by atoms with Gasteiger partial charge in [0, 0.05) is 17.1 Å². The van der Waals surface area contributed by atoms with Gasteiger partial charge in [0.05, 0.1) is 22.9 Å². The molecule has 1 amide bonds. The normalized spacial score (nSPS) is 12.4. The van der Waals surface area contributed by atoms with Crippen LogP contribution in [0.1, 0.15) is 35.3 Å². The predicted octanol–water partition coefficient (Wildman–Crippen LogP) is 3.21. The molecular formula is C20H15F3N4O2. The highest BCUT2D eigenvalue weighted by atomic mass is 19.3. The van der Waals surface area contributed by atoms with Gasteiger partial charge in [-0.1, -0.05) is 0 Å². The maximum absolute atomic E-state index is 14.9. The Morgan fingerprint density at radius 2 is 2.03 bits per heavy atom. The van der Waals surface area contributed by atoms with E-state index in [1.165, 1.54) is 38.2 Å².